The van der Waals surface area contributed by atoms with Crippen LogP contribution in [0.2, 0.25) is 5.02 Å². The Labute approximate surface area is 194 Å². The van der Waals surface area contributed by atoms with Gasteiger partial charge in [0.05, 0.1) is 18.9 Å². The molecule has 2 amide bonds. The molecule has 0 spiro atoms. The summed E-state index contributed by atoms with van der Waals surface area (Å²) in [5.74, 6) is 0.791. The standard InChI is InChI=1S/C24H31ClN4O3/c1-31-19-8-9-21(26-14-19)20-15-29(16-24(32-2)11-3-12-24)13-10-22(20)28-23(30)27-18-6-4-17(25)5-7-18/h4-9,14,20,22H,3,10-13,15-16H2,1-2H3,(H2,27,28,30). The van der Waals surface area contributed by atoms with Crippen LogP contribution >= 0.6 is 11.6 Å². The molecule has 0 radical (unpaired) electrons. The van der Waals surface area contributed by atoms with E-state index in [1.165, 1.54) is 6.42 Å². The summed E-state index contributed by atoms with van der Waals surface area (Å²) < 4.78 is 11.1. The molecule has 1 aliphatic carbocycles. The van der Waals surface area contributed by atoms with Gasteiger partial charge in [0.1, 0.15) is 5.75 Å². The second-order valence-electron chi connectivity index (χ2n) is 8.71. The van der Waals surface area contributed by atoms with E-state index in [1.807, 2.05) is 19.2 Å². The molecule has 2 heterocycles. The first kappa shape index (κ1) is 22.8. The van der Waals surface area contributed by atoms with Crippen molar-refractivity contribution >= 4 is 23.3 Å². The molecule has 172 valence electrons. The number of nitrogens with zero attached hydrogens (tertiary/aromatic N) is 2. The Morgan fingerprint density at radius 1 is 1.22 bits per heavy atom. The zero-order valence-electron chi connectivity index (χ0n) is 18.6. The Hall–Kier alpha value is -2.35. The number of methoxy groups -OCH3 is 2. The lowest BCUT2D eigenvalue weighted by Gasteiger charge is -2.47. The monoisotopic (exact) mass is 458 g/mol. The number of carbonyl (C=O) groups is 1. The second-order valence-corrected chi connectivity index (χ2v) is 9.14. The SMILES string of the molecule is COc1ccc(C2CN(CC3(OC)CCC3)CCC2NC(=O)Nc2ccc(Cl)cc2)nc1. The van der Waals surface area contributed by atoms with E-state index in [0.717, 1.165) is 50.3 Å². The first-order chi connectivity index (χ1) is 15.5. The molecular formula is C24H31ClN4O3. The minimum absolute atomic E-state index is 0.0237. The van der Waals surface area contributed by atoms with Crippen molar-refractivity contribution in [3.8, 4) is 5.75 Å². The number of ether oxygens (including phenoxy) is 2. The highest BCUT2D eigenvalue weighted by Gasteiger charge is 2.41. The van der Waals surface area contributed by atoms with Crippen molar-refractivity contribution in [3.63, 3.8) is 0 Å². The third-order valence-electron chi connectivity index (χ3n) is 6.70. The van der Waals surface area contributed by atoms with Crippen molar-refractivity contribution in [1.82, 2.24) is 15.2 Å². The number of aromatic nitrogens is 1. The number of rotatable bonds is 7. The van der Waals surface area contributed by atoms with E-state index < -0.39 is 0 Å². The molecule has 32 heavy (non-hydrogen) atoms. The van der Waals surface area contributed by atoms with Crippen molar-refractivity contribution < 1.29 is 14.3 Å². The van der Waals surface area contributed by atoms with E-state index in [0.29, 0.717) is 10.7 Å². The fourth-order valence-electron chi connectivity index (χ4n) is 4.64. The van der Waals surface area contributed by atoms with Crippen LogP contribution in [-0.2, 0) is 4.74 Å². The quantitative estimate of drug-likeness (QED) is 0.647. The highest BCUT2D eigenvalue weighted by Crippen LogP contribution is 2.37. The molecule has 2 N–H and O–H groups in total. The van der Waals surface area contributed by atoms with Crippen LogP contribution in [0.3, 0.4) is 0 Å². The number of anilines is 1. The largest absolute Gasteiger partial charge is 0.495 e. The number of piperidine rings is 1. The fraction of sp³-hybridized carbons (Fsp3) is 0.500. The molecule has 2 atom stereocenters. The maximum atomic E-state index is 12.7. The summed E-state index contributed by atoms with van der Waals surface area (Å²) in [7, 11) is 3.45. The number of carbonyl (C=O) groups excluding carboxylic acids is 1. The average Bonchev–Trinajstić information content (AvgIpc) is 2.79. The normalized spacial score (nSPS) is 22.6. The fourth-order valence-corrected chi connectivity index (χ4v) is 4.77. The van der Waals surface area contributed by atoms with Crippen LogP contribution in [0.1, 0.15) is 37.3 Å². The Bertz CT molecular complexity index is 897. The molecule has 1 saturated carbocycles. The molecule has 2 unspecified atom stereocenters. The van der Waals surface area contributed by atoms with E-state index in [4.69, 9.17) is 21.1 Å². The van der Waals surface area contributed by atoms with Gasteiger partial charge in [-0.1, -0.05) is 11.6 Å². The molecule has 1 aromatic carbocycles. The molecule has 7 nitrogen and oxygen atoms in total. The Morgan fingerprint density at radius 2 is 2.00 bits per heavy atom. The van der Waals surface area contributed by atoms with Crippen molar-refractivity contribution in [2.75, 3.05) is 39.2 Å². The van der Waals surface area contributed by atoms with E-state index in [9.17, 15) is 4.79 Å². The highest BCUT2D eigenvalue weighted by atomic mass is 35.5. The number of halogens is 1. The van der Waals surface area contributed by atoms with Crippen LogP contribution in [-0.4, -0.2) is 61.4 Å². The molecule has 2 aromatic rings. The lowest BCUT2D eigenvalue weighted by Crippen LogP contribution is -2.56. The molecule has 2 fully saturated rings. The molecule has 1 saturated heterocycles. The van der Waals surface area contributed by atoms with E-state index in [2.05, 4.69) is 20.5 Å². The highest BCUT2D eigenvalue weighted by molar-refractivity contribution is 6.30. The van der Waals surface area contributed by atoms with E-state index in [1.54, 1.807) is 37.6 Å². The number of amides is 2. The molecule has 0 bridgehead atoms. The first-order valence-corrected chi connectivity index (χ1v) is 11.5. The van der Waals surface area contributed by atoms with Crippen LogP contribution in [0, 0.1) is 0 Å². The van der Waals surface area contributed by atoms with Gasteiger partial charge in [-0.05, 0) is 62.1 Å². The van der Waals surface area contributed by atoms with Gasteiger partial charge in [0.25, 0.3) is 0 Å². The Balaban J connectivity index is 1.46. The van der Waals surface area contributed by atoms with Crippen LogP contribution in [0.25, 0.3) is 0 Å². The van der Waals surface area contributed by atoms with Gasteiger partial charge in [0.2, 0.25) is 0 Å². The third kappa shape index (κ3) is 5.34. The van der Waals surface area contributed by atoms with Crippen LogP contribution in [0.15, 0.2) is 42.6 Å². The smallest absolute Gasteiger partial charge is 0.319 e. The number of urea groups is 1. The van der Waals surface area contributed by atoms with Crippen molar-refractivity contribution in [3.05, 3.63) is 53.3 Å². The third-order valence-corrected chi connectivity index (χ3v) is 6.95. The van der Waals surface area contributed by atoms with Gasteiger partial charge in [0, 0.05) is 55.1 Å². The summed E-state index contributed by atoms with van der Waals surface area (Å²) in [4.78, 5) is 19.8. The van der Waals surface area contributed by atoms with Gasteiger partial charge in [-0.15, -0.1) is 0 Å². The van der Waals surface area contributed by atoms with Crippen LogP contribution in [0.5, 0.6) is 5.75 Å². The predicted octanol–water partition coefficient (Wildman–Crippen LogP) is 4.29. The summed E-state index contributed by atoms with van der Waals surface area (Å²) in [5, 5.41) is 6.71. The van der Waals surface area contributed by atoms with Gasteiger partial charge in [-0.25, -0.2) is 4.79 Å². The molecule has 8 heteroatoms. The maximum absolute atomic E-state index is 12.7. The number of likely N-dealkylation sites (tertiary alicyclic amines) is 1. The van der Waals surface area contributed by atoms with E-state index >= 15 is 0 Å². The van der Waals surface area contributed by atoms with Gasteiger partial charge in [-0.3, -0.25) is 9.88 Å². The van der Waals surface area contributed by atoms with Crippen LogP contribution < -0.4 is 15.4 Å². The van der Waals surface area contributed by atoms with Crippen LogP contribution in [0.4, 0.5) is 10.5 Å². The summed E-state index contributed by atoms with van der Waals surface area (Å²) in [6, 6.07) is 10.8. The Morgan fingerprint density at radius 3 is 2.59 bits per heavy atom. The van der Waals surface area contributed by atoms with Crippen molar-refractivity contribution in [2.24, 2.45) is 0 Å². The number of nitrogens with one attached hydrogen (secondary N) is 2. The van der Waals surface area contributed by atoms with Gasteiger partial charge in [0.15, 0.2) is 0 Å². The molecular weight excluding hydrogens is 428 g/mol. The zero-order chi connectivity index (χ0) is 22.6. The summed E-state index contributed by atoms with van der Waals surface area (Å²) in [6.45, 7) is 2.64. The van der Waals surface area contributed by atoms with E-state index in [-0.39, 0.29) is 23.6 Å². The summed E-state index contributed by atoms with van der Waals surface area (Å²) in [5.41, 5.74) is 1.63. The minimum Gasteiger partial charge on any atom is -0.495 e. The summed E-state index contributed by atoms with van der Waals surface area (Å²) in [6.07, 6.45) is 6.02. The van der Waals surface area contributed by atoms with Gasteiger partial charge < -0.3 is 20.1 Å². The number of hydrogen-bond acceptors (Lipinski definition) is 5. The predicted molar refractivity (Wildman–Crippen MR) is 126 cm³/mol. The number of benzene rings is 1. The zero-order valence-corrected chi connectivity index (χ0v) is 19.4. The second kappa shape index (κ2) is 10.1. The summed E-state index contributed by atoms with van der Waals surface area (Å²) >= 11 is 5.94. The molecule has 4 rings (SSSR count). The van der Waals surface area contributed by atoms with Crippen molar-refractivity contribution in [1.29, 1.82) is 0 Å². The molecule has 2 aliphatic rings. The average molecular weight is 459 g/mol. The Kier molecular flexibility index (Phi) is 7.18. The molecule has 1 aromatic heterocycles. The minimum atomic E-state index is -0.225. The van der Waals surface area contributed by atoms with Gasteiger partial charge >= 0.3 is 6.03 Å². The van der Waals surface area contributed by atoms with Gasteiger partial charge in [-0.2, -0.15) is 0 Å². The number of hydrogen-bond donors (Lipinski definition) is 2. The first-order valence-electron chi connectivity index (χ1n) is 11.1. The number of pyridine rings is 1. The lowest BCUT2D eigenvalue weighted by molar-refractivity contribution is -0.0951. The lowest BCUT2D eigenvalue weighted by atomic mass is 9.78. The topological polar surface area (TPSA) is 75.7 Å². The maximum Gasteiger partial charge on any atom is 0.319 e. The molecule has 1 aliphatic heterocycles. The van der Waals surface area contributed by atoms with Crippen molar-refractivity contribution in [2.45, 2.75) is 43.2 Å².